The highest BCUT2D eigenvalue weighted by Crippen LogP contribution is 2.18. The van der Waals surface area contributed by atoms with Gasteiger partial charge in [0.2, 0.25) is 11.8 Å². The van der Waals surface area contributed by atoms with Crippen LogP contribution in [0.4, 0.5) is 0 Å². The molecule has 1 atom stereocenters. The van der Waals surface area contributed by atoms with Crippen LogP contribution in [-0.2, 0) is 14.4 Å². The van der Waals surface area contributed by atoms with Gasteiger partial charge in [0.25, 0.3) is 0 Å². The molecule has 0 saturated heterocycles. The van der Waals surface area contributed by atoms with Crippen molar-refractivity contribution < 1.29 is 19.5 Å². The van der Waals surface area contributed by atoms with Gasteiger partial charge in [-0.3, -0.25) is 9.59 Å². The number of nitrogens with zero attached hydrogens (tertiary/aromatic N) is 3. The zero-order valence-corrected chi connectivity index (χ0v) is 12.5. The van der Waals surface area contributed by atoms with Gasteiger partial charge >= 0.3 is 5.97 Å². The number of carboxylic acids is 1. The van der Waals surface area contributed by atoms with Gasteiger partial charge in [0, 0.05) is 6.04 Å². The van der Waals surface area contributed by atoms with Crippen LogP contribution in [0.5, 0.6) is 0 Å². The zero-order chi connectivity index (χ0) is 16.0. The Balaban J connectivity index is 2.55. The average Bonchev–Trinajstić information content (AvgIpc) is 2.83. The SMILES string of the molecule is CC(C)n1cnnc1SCC(=O)NC(CC(N)=O)C(=O)O. The topological polar surface area (TPSA) is 140 Å². The maximum atomic E-state index is 11.7. The van der Waals surface area contributed by atoms with Crippen molar-refractivity contribution >= 4 is 29.5 Å². The molecule has 0 aliphatic carbocycles. The predicted octanol–water partition coefficient (Wildman–Crippen LogP) is -0.604. The number of hydrogen-bond acceptors (Lipinski definition) is 6. The lowest BCUT2D eigenvalue weighted by molar-refractivity contribution is -0.143. The maximum absolute atomic E-state index is 11.7. The number of rotatable bonds is 8. The van der Waals surface area contributed by atoms with Gasteiger partial charge in [-0.2, -0.15) is 0 Å². The summed E-state index contributed by atoms with van der Waals surface area (Å²) in [4.78, 5) is 33.3. The third-order valence-electron chi connectivity index (χ3n) is 2.47. The molecule has 0 aliphatic heterocycles. The fourth-order valence-electron chi connectivity index (χ4n) is 1.46. The third-order valence-corrected chi connectivity index (χ3v) is 3.42. The first-order valence-corrected chi connectivity index (χ1v) is 7.12. The smallest absolute Gasteiger partial charge is 0.326 e. The highest BCUT2D eigenvalue weighted by Gasteiger charge is 2.22. The minimum Gasteiger partial charge on any atom is -0.480 e. The largest absolute Gasteiger partial charge is 0.480 e. The summed E-state index contributed by atoms with van der Waals surface area (Å²) in [6.07, 6.45) is 1.10. The number of carboxylic acid groups (broad SMARTS) is 1. The normalized spacial score (nSPS) is 12.1. The quantitative estimate of drug-likeness (QED) is 0.544. The van der Waals surface area contributed by atoms with Gasteiger partial charge in [0.05, 0.1) is 12.2 Å². The zero-order valence-electron chi connectivity index (χ0n) is 11.6. The molecule has 0 radical (unpaired) electrons. The molecule has 1 aromatic heterocycles. The molecule has 10 heteroatoms. The van der Waals surface area contributed by atoms with Gasteiger partial charge in [-0.1, -0.05) is 11.8 Å². The summed E-state index contributed by atoms with van der Waals surface area (Å²) in [5.41, 5.74) is 4.93. The van der Waals surface area contributed by atoms with E-state index in [4.69, 9.17) is 10.8 Å². The van der Waals surface area contributed by atoms with E-state index < -0.39 is 30.2 Å². The van der Waals surface area contributed by atoms with Crippen LogP contribution in [0.2, 0.25) is 0 Å². The van der Waals surface area contributed by atoms with Crippen molar-refractivity contribution in [3.8, 4) is 0 Å². The molecular formula is C11H17N5O4S. The number of primary amides is 1. The summed E-state index contributed by atoms with van der Waals surface area (Å²) in [5.74, 6) is -2.66. The number of carbonyl (C=O) groups is 3. The summed E-state index contributed by atoms with van der Waals surface area (Å²) in [6.45, 7) is 3.89. The Morgan fingerprint density at radius 3 is 2.67 bits per heavy atom. The van der Waals surface area contributed by atoms with Gasteiger partial charge in [-0.15, -0.1) is 10.2 Å². The first-order valence-electron chi connectivity index (χ1n) is 6.14. The molecule has 0 saturated carbocycles. The summed E-state index contributed by atoms with van der Waals surface area (Å²) < 4.78 is 1.79. The Hall–Kier alpha value is -2.10. The fraction of sp³-hybridized carbons (Fsp3) is 0.545. The first-order chi connectivity index (χ1) is 9.81. The van der Waals surface area contributed by atoms with Crippen molar-refractivity contribution in [3.05, 3.63) is 6.33 Å². The Morgan fingerprint density at radius 1 is 1.48 bits per heavy atom. The summed E-state index contributed by atoms with van der Waals surface area (Å²) in [7, 11) is 0. The van der Waals surface area contributed by atoms with E-state index in [9.17, 15) is 14.4 Å². The molecule has 1 aromatic rings. The second-order valence-corrected chi connectivity index (χ2v) is 5.47. The molecule has 2 amide bonds. The van der Waals surface area contributed by atoms with E-state index in [1.165, 1.54) is 0 Å². The lowest BCUT2D eigenvalue weighted by Gasteiger charge is -2.13. The van der Waals surface area contributed by atoms with Gasteiger partial charge < -0.3 is 20.7 Å². The van der Waals surface area contributed by atoms with Crippen molar-refractivity contribution in [1.29, 1.82) is 0 Å². The highest BCUT2D eigenvalue weighted by molar-refractivity contribution is 7.99. The van der Waals surface area contributed by atoms with Crippen LogP contribution in [0.3, 0.4) is 0 Å². The van der Waals surface area contributed by atoms with Gasteiger partial charge in [0.15, 0.2) is 5.16 Å². The van der Waals surface area contributed by atoms with E-state index in [0.717, 1.165) is 11.8 Å². The van der Waals surface area contributed by atoms with Crippen molar-refractivity contribution in [2.45, 2.75) is 37.5 Å². The van der Waals surface area contributed by atoms with Crippen LogP contribution in [0.1, 0.15) is 26.3 Å². The molecule has 9 nitrogen and oxygen atoms in total. The lowest BCUT2D eigenvalue weighted by Crippen LogP contribution is -2.44. The number of nitrogens with one attached hydrogen (secondary N) is 1. The highest BCUT2D eigenvalue weighted by atomic mass is 32.2. The first kappa shape index (κ1) is 17.0. The maximum Gasteiger partial charge on any atom is 0.326 e. The Bertz CT molecular complexity index is 530. The van der Waals surface area contributed by atoms with Crippen LogP contribution >= 0.6 is 11.8 Å². The minimum atomic E-state index is -1.32. The monoisotopic (exact) mass is 315 g/mol. The fourth-order valence-corrected chi connectivity index (χ4v) is 2.31. The van der Waals surface area contributed by atoms with Gasteiger partial charge in [-0.05, 0) is 13.8 Å². The van der Waals surface area contributed by atoms with Gasteiger partial charge in [-0.25, -0.2) is 4.79 Å². The van der Waals surface area contributed by atoms with Crippen molar-refractivity contribution in [3.63, 3.8) is 0 Å². The standard InChI is InChI=1S/C11H17N5O4S/c1-6(2)16-5-13-15-11(16)21-4-9(18)14-7(10(19)20)3-8(12)17/h5-7H,3-4H2,1-2H3,(H2,12,17)(H,14,18)(H,19,20). The predicted molar refractivity (Wildman–Crippen MR) is 74.5 cm³/mol. The van der Waals surface area contributed by atoms with E-state index >= 15 is 0 Å². The van der Waals surface area contributed by atoms with Crippen LogP contribution in [0.15, 0.2) is 11.5 Å². The molecule has 0 fully saturated rings. The number of nitrogens with two attached hydrogens (primary N) is 1. The Morgan fingerprint density at radius 2 is 2.14 bits per heavy atom. The van der Waals surface area contributed by atoms with Crippen LogP contribution < -0.4 is 11.1 Å². The number of amides is 2. The van der Waals surface area contributed by atoms with E-state index in [1.807, 2.05) is 13.8 Å². The third kappa shape index (κ3) is 5.42. The van der Waals surface area contributed by atoms with E-state index in [1.54, 1.807) is 10.9 Å². The number of aromatic nitrogens is 3. The van der Waals surface area contributed by atoms with Crippen molar-refractivity contribution in [2.24, 2.45) is 5.73 Å². The minimum absolute atomic E-state index is 0.0338. The molecule has 0 bridgehead atoms. The molecular weight excluding hydrogens is 298 g/mol. The van der Waals surface area contributed by atoms with E-state index in [0.29, 0.717) is 5.16 Å². The number of thioether (sulfide) groups is 1. The summed E-state index contributed by atoms with van der Waals surface area (Å²) >= 11 is 1.13. The van der Waals surface area contributed by atoms with Crippen molar-refractivity contribution in [2.75, 3.05) is 5.75 Å². The van der Waals surface area contributed by atoms with Gasteiger partial charge in [0.1, 0.15) is 12.4 Å². The molecule has 0 spiro atoms. The van der Waals surface area contributed by atoms with Crippen molar-refractivity contribution in [1.82, 2.24) is 20.1 Å². The average molecular weight is 315 g/mol. The number of aliphatic carboxylic acids is 1. The molecule has 1 unspecified atom stereocenters. The Kier molecular flexibility index (Phi) is 6.15. The number of carbonyl (C=O) groups excluding carboxylic acids is 2. The molecule has 0 aromatic carbocycles. The Labute approximate surface area is 125 Å². The van der Waals surface area contributed by atoms with Crippen LogP contribution in [0.25, 0.3) is 0 Å². The summed E-state index contributed by atoms with van der Waals surface area (Å²) in [5, 5.41) is 19.3. The van der Waals surface area contributed by atoms with E-state index in [2.05, 4.69) is 15.5 Å². The number of hydrogen-bond donors (Lipinski definition) is 3. The summed E-state index contributed by atoms with van der Waals surface area (Å²) in [6, 6.07) is -1.18. The lowest BCUT2D eigenvalue weighted by atomic mass is 10.2. The van der Waals surface area contributed by atoms with Crippen LogP contribution in [0, 0.1) is 0 Å². The molecule has 1 rings (SSSR count). The second-order valence-electron chi connectivity index (χ2n) is 4.53. The molecule has 4 N–H and O–H groups in total. The van der Waals surface area contributed by atoms with Crippen LogP contribution in [-0.4, -0.2) is 49.4 Å². The molecule has 0 aliphatic rings. The molecule has 1 heterocycles. The second kappa shape index (κ2) is 7.62. The molecule has 116 valence electrons. The van der Waals surface area contributed by atoms with E-state index in [-0.39, 0.29) is 11.8 Å². The molecule has 21 heavy (non-hydrogen) atoms.